The molecule has 154 valence electrons. The Balaban J connectivity index is 2.06. The van der Waals surface area contributed by atoms with E-state index in [4.69, 9.17) is 9.94 Å². The number of halogens is 1. The lowest BCUT2D eigenvalue weighted by Crippen LogP contribution is -2.18. The smallest absolute Gasteiger partial charge is 0.412 e. The molecule has 4 N–H and O–H groups in total. The molecule has 0 bridgehead atoms. The van der Waals surface area contributed by atoms with Gasteiger partial charge in [0.1, 0.15) is 11.9 Å². The Kier molecular flexibility index (Phi) is 8.94. The molecule has 1 atom stereocenters. The van der Waals surface area contributed by atoms with Gasteiger partial charge in [0.15, 0.2) is 0 Å². The van der Waals surface area contributed by atoms with Crippen LogP contribution in [0, 0.1) is 10.5 Å². The molecule has 0 aromatic heterocycles. The van der Waals surface area contributed by atoms with Crippen LogP contribution in [0.25, 0.3) is 0 Å². The molecule has 0 aliphatic rings. The number of allylic oxidation sites excluding steroid dienone is 1. The van der Waals surface area contributed by atoms with Crippen molar-refractivity contribution in [2.24, 2.45) is 0 Å². The zero-order valence-corrected chi connectivity index (χ0v) is 18.0. The van der Waals surface area contributed by atoms with Gasteiger partial charge in [-0.2, -0.15) is 0 Å². The van der Waals surface area contributed by atoms with Gasteiger partial charge in [0, 0.05) is 20.9 Å². The minimum absolute atomic E-state index is 0.0498. The third kappa shape index (κ3) is 7.74. The summed E-state index contributed by atoms with van der Waals surface area (Å²) in [7, 11) is 0. The predicted octanol–water partition coefficient (Wildman–Crippen LogP) is 4.83. The molecule has 29 heavy (non-hydrogen) atoms. The number of rotatable bonds is 8. The Morgan fingerprint density at radius 1 is 1.21 bits per heavy atom. The zero-order valence-electron chi connectivity index (χ0n) is 15.9. The summed E-state index contributed by atoms with van der Waals surface area (Å²) >= 11 is 2.13. The minimum atomic E-state index is -0.657. The molecule has 2 aromatic rings. The first-order valence-electron chi connectivity index (χ1n) is 9.02. The molecule has 2 aromatic carbocycles. The van der Waals surface area contributed by atoms with E-state index in [2.05, 4.69) is 27.9 Å². The normalized spacial score (nSPS) is 11.8. The molecule has 0 unspecified atom stereocenters. The maximum atomic E-state index is 12.4. The average molecular weight is 510 g/mol. The molecule has 0 spiro atoms. The second kappa shape index (κ2) is 11.4. The van der Waals surface area contributed by atoms with E-state index in [0.717, 1.165) is 9.13 Å². The second-order valence-corrected chi connectivity index (χ2v) is 7.64. The van der Waals surface area contributed by atoms with Crippen LogP contribution in [-0.4, -0.2) is 22.3 Å². The van der Waals surface area contributed by atoms with Crippen molar-refractivity contribution in [2.45, 2.75) is 32.3 Å². The van der Waals surface area contributed by atoms with Gasteiger partial charge >= 0.3 is 6.09 Å². The quantitative estimate of drug-likeness (QED) is 0.134. The van der Waals surface area contributed by atoms with Gasteiger partial charge < -0.3 is 9.84 Å². The van der Waals surface area contributed by atoms with Crippen LogP contribution in [0.4, 0.5) is 10.5 Å². The van der Waals surface area contributed by atoms with Crippen molar-refractivity contribution >= 4 is 40.3 Å². The summed E-state index contributed by atoms with van der Waals surface area (Å²) in [6.45, 7) is 1.95. The highest BCUT2D eigenvalue weighted by Gasteiger charge is 2.20. The first-order chi connectivity index (χ1) is 13.9. The molecule has 0 saturated carbocycles. The van der Waals surface area contributed by atoms with Crippen molar-refractivity contribution in [1.29, 1.82) is 0 Å². The Hall–Kier alpha value is -2.59. The van der Waals surface area contributed by atoms with E-state index in [9.17, 15) is 14.7 Å². The number of unbranched alkanes of at least 4 members (excludes halogenated alkanes) is 1. The summed E-state index contributed by atoms with van der Waals surface area (Å²) in [6, 6.07) is 12.4. The lowest BCUT2D eigenvalue weighted by Gasteiger charge is -2.20. The summed E-state index contributed by atoms with van der Waals surface area (Å²) < 4.78 is 6.50. The molecular weight excluding hydrogens is 487 g/mol. The van der Waals surface area contributed by atoms with Crippen molar-refractivity contribution in [3.8, 4) is 5.75 Å². The first kappa shape index (κ1) is 22.7. The highest BCUT2D eigenvalue weighted by atomic mass is 127. The van der Waals surface area contributed by atoms with Crippen molar-refractivity contribution in [3.63, 3.8) is 0 Å². The standard InChI is InChI=1S/C21H23IN2O5/c1-14-7-10-16(11-8-14)23-21(27)29-19(5-3-2-4-6-20(26)24-28)17-13-15(22)9-12-18(17)25/h4,6-13,19,25,28H,2-3,5H2,1H3,(H,23,27)(H,24,26)/b6-4+/t19-/m0/s1. The molecule has 0 heterocycles. The van der Waals surface area contributed by atoms with Gasteiger partial charge in [-0.15, -0.1) is 0 Å². The summed E-state index contributed by atoms with van der Waals surface area (Å²) in [5.41, 5.74) is 3.73. The number of phenolic OH excluding ortho intramolecular Hbond substituents is 1. The molecule has 0 aliphatic heterocycles. The Labute approximate surface area is 182 Å². The fourth-order valence-corrected chi connectivity index (χ4v) is 3.14. The highest BCUT2D eigenvalue weighted by molar-refractivity contribution is 14.1. The number of carbonyl (C=O) groups excluding carboxylic acids is 2. The molecule has 0 fully saturated rings. The van der Waals surface area contributed by atoms with Gasteiger partial charge in [-0.05, 0) is 79.1 Å². The van der Waals surface area contributed by atoms with E-state index in [-0.39, 0.29) is 5.75 Å². The minimum Gasteiger partial charge on any atom is -0.508 e. The highest BCUT2D eigenvalue weighted by Crippen LogP contribution is 2.32. The molecule has 0 aliphatic carbocycles. The number of ether oxygens (including phenoxy) is 1. The summed E-state index contributed by atoms with van der Waals surface area (Å²) in [5, 5.41) is 21.4. The summed E-state index contributed by atoms with van der Waals surface area (Å²) in [6.07, 6.45) is 3.15. The van der Waals surface area contributed by atoms with Crippen molar-refractivity contribution < 1.29 is 24.6 Å². The van der Waals surface area contributed by atoms with E-state index < -0.39 is 18.1 Å². The number of aromatic hydroxyl groups is 1. The monoisotopic (exact) mass is 510 g/mol. The van der Waals surface area contributed by atoms with Crippen LogP contribution in [0.5, 0.6) is 5.75 Å². The maximum Gasteiger partial charge on any atom is 0.412 e. The van der Waals surface area contributed by atoms with Crippen molar-refractivity contribution in [3.05, 3.63) is 69.3 Å². The molecule has 0 saturated heterocycles. The summed E-state index contributed by atoms with van der Waals surface area (Å²) in [4.78, 5) is 23.4. The number of benzene rings is 2. The largest absolute Gasteiger partial charge is 0.508 e. The topological polar surface area (TPSA) is 108 Å². The van der Waals surface area contributed by atoms with Crippen LogP contribution in [0.1, 0.15) is 36.5 Å². The first-order valence-corrected chi connectivity index (χ1v) is 10.1. The van der Waals surface area contributed by atoms with E-state index in [1.807, 2.05) is 19.1 Å². The SMILES string of the molecule is Cc1ccc(NC(=O)O[C@@H](CCC/C=C/C(=O)NO)c2cc(I)ccc2O)cc1. The third-order valence-corrected chi connectivity index (χ3v) is 4.77. The lowest BCUT2D eigenvalue weighted by atomic mass is 10.0. The fourth-order valence-electron chi connectivity index (χ4n) is 2.62. The van der Waals surface area contributed by atoms with Gasteiger partial charge in [0.25, 0.3) is 5.91 Å². The van der Waals surface area contributed by atoms with Gasteiger partial charge in [-0.25, -0.2) is 10.3 Å². The van der Waals surface area contributed by atoms with E-state index in [1.54, 1.807) is 36.4 Å². The lowest BCUT2D eigenvalue weighted by molar-refractivity contribution is -0.124. The summed E-state index contributed by atoms with van der Waals surface area (Å²) in [5.74, 6) is -0.556. The number of hydroxylamine groups is 1. The van der Waals surface area contributed by atoms with E-state index in [0.29, 0.717) is 30.5 Å². The number of amides is 2. The average Bonchev–Trinajstić information content (AvgIpc) is 2.70. The van der Waals surface area contributed by atoms with Gasteiger partial charge in [0.2, 0.25) is 0 Å². The van der Waals surface area contributed by atoms with Crippen molar-refractivity contribution in [1.82, 2.24) is 5.48 Å². The van der Waals surface area contributed by atoms with Gasteiger partial charge in [0.05, 0.1) is 0 Å². The van der Waals surface area contributed by atoms with Crippen molar-refractivity contribution in [2.75, 3.05) is 5.32 Å². The second-order valence-electron chi connectivity index (χ2n) is 6.40. The molecule has 2 rings (SSSR count). The van der Waals surface area contributed by atoms with Crippen LogP contribution in [0.15, 0.2) is 54.6 Å². The number of nitrogens with one attached hydrogen (secondary N) is 2. The van der Waals surface area contributed by atoms with E-state index >= 15 is 0 Å². The Bertz CT molecular complexity index is 868. The number of carbonyl (C=O) groups is 2. The van der Waals surface area contributed by atoms with Crippen LogP contribution in [0.3, 0.4) is 0 Å². The molecule has 7 nitrogen and oxygen atoms in total. The van der Waals surface area contributed by atoms with Crippen LogP contribution in [0.2, 0.25) is 0 Å². The van der Waals surface area contributed by atoms with Gasteiger partial charge in [-0.3, -0.25) is 15.3 Å². The number of hydrogen-bond acceptors (Lipinski definition) is 5. The Morgan fingerprint density at radius 3 is 2.62 bits per heavy atom. The Morgan fingerprint density at radius 2 is 1.93 bits per heavy atom. The maximum absolute atomic E-state index is 12.4. The molecule has 2 amide bonds. The fraction of sp³-hybridized carbons (Fsp3) is 0.238. The van der Waals surface area contributed by atoms with Crippen LogP contribution in [-0.2, 0) is 9.53 Å². The van der Waals surface area contributed by atoms with Gasteiger partial charge in [-0.1, -0.05) is 23.8 Å². The number of anilines is 1. The van der Waals surface area contributed by atoms with Crippen LogP contribution >= 0.6 is 22.6 Å². The zero-order chi connectivity index (χ0) is 21.2. The third-order valence-electron chi connectivity index (χ3n) is 4.10. The van der Waals surface area contributed by atoms with Crippen LogP contribution < -0.4 is 10.8 Å². The number of phenols is 1. The number of aryl methyl sites for hydroxylation is 1. The predicted molar refractivity (Wildman–Crippen MR) is 118 cm³/mol. The number of hydrogen-bond donors (Lipinski definition) is 4. The van der Waals surface area contributed by atoms with E-state index in [1.165, 1.54) is 11.6 Å². The molecule has 0 radical (unpaired) electrons. The molecular formula is C21H23IN2O5. The molecule has 8 heteroatoms.